The lowest BCUT2D eigenvalue weighted by Crippen LogP contribution is -2.07. The Labute approximate surface area is 134 Å². The van der Waals surface area contributed by atoms with Crippen LogP contribution in [0, 0.1) is 0 Å². The summed E-state index contributed by atoms with van der Waals surface area (Å²) in [6.45, 7) is 0. The van der Waals surface area contributed by atoms with Crippen LogP contribution in [0.3, 0.4) is 0 Å². The van der Waals surface area contributed by atoms with Crippen LogP contribution in [-0.4, -0.2) is 9.78 Å². The molecule has 0 aliphatic carbocycles. The molecule has 0 radical (unpaired) electrons. The van der Waals surface area contributed by atoms with Crippen LogP contribution in [0.15, 0.2) is 71.1 Å². The maximum Gasteiger partial charge on any atom is 0.435 e. The second-order valence-corrected chi connectivity index (χ2v) is 5.29. The molecule has 0 fully saturated rings. The molecule has 0 unspecified atom stereocenters. The number of alkyl halides is 3. The van der Waals surface area contributed by atoms with Gasteiger partial charge in [-0.3, -0.25) is 0 Å². The molecule has 0 bridgehead atoms. The van der Waals surface area contributed by atoms with Crippen molar-refractivity contribution in [2.24, 2.45) is 0 Å². The van der Waals surface area contributed by atoms with E-state index < -0.39 is 11.9 Å². The highest BCUT2D eigenvalue weighted by Crippen LogP contribution is 2.38. The van der Waals surface area contributed by atoms with Crippen molar-refractivity contribution in [3.8, 4) is 17.0 Å². The zero-order chi connectivity index (χ0) is 16.7. The Morgan fingerprint density at radius 3 is 2.12 bits per heavy atom. The molecule has 0 amide bonds. The minimum absolute atomic E-state index is 0.0507. The molecule has 0 aliphatic rings. The fourth-order valence-corrected chi connectivity index (χ4v) is 2.61. The maximum absolute atomic E-state index is 13.3. The van der Waals surface area contributed by atoms with E-state index >= 15 is 0 Å². The van der Waals surface area contributed by atoms with Gasteiger partial charge in [0.15, 0.2) is 5.69 Å². The van der Waals surface area contributed by atoms with Gasteiger partial charge in [0.2, 0.25) is 5.71 Å². The number of furan rings is 1. The van der Waals surface area contributed by atoms with E-state index in [-0.39, 0.29) is 11.1 Å². The first-order valence-electron chi connectivity index (χ1n) is 7.24. The summed E-state index contributed by atoms with van der Waals surface area (Å²) >= 11 is 0. The number of rotatable bonds is 2. The molecule has 0 atom stereocenters. The van der Waals surface area contributed by atoms with Crippen molar-refractivity contribution in [3.63, 3.8) is 0 Å². The molecule has 0 N–H and O–H groups in total. The number of fused-ring (bicyclic) bond motifs is 1. The Hall–Kier alpha value is -3.02. The molecular formula is C18H11F3N2O. The van der Waals surface area contributed by atoms with Crippen molar-refractivity contribution in [3.05, 3.63) is 72.4 Å². The zero-order valence-corrected chi connectivity index (χ0v) is 12.3. The van der Waals surface area contributed by atoms with Crippen LogP contribution >= 0.6 is 0 Å². The first-order valence-corrected chi connectivity index (χ1v) is 7.24. The van der Waals surface area contributed by atoms with Gasteiger partial charge in [-0.25, -0.2) is 0 Å². The zero-order valence-electron chi connectivity index (χ0n) is 12.3. The van der Waals surface area contributed by atoms with Gasteiger partial charge >= 0.3 is 6.18 Å². The average Bonchev–Trinajstić information content (AvgIpc) is 3.14. The third-order valence-electron chi connectivity index (χ3n) is 3.69. The van der Waals surface area contributed by atoms with Gasteiger partial charge in [0.1, 0.15) is 5.76 Å². The van der Waals surface area contributed by atoms with Crippen molar-refractivity contribution in [2.45, 2.75) is 6.18 Å². The van der Waals surface area contributed by atoms with Gasteiger partial charge in [0.05, 0.1) is 11.1 Å². The minimum Gasteiger partial charge on any atom is -0.438 e. The average molecular weight is 328 g/mol. The molecule has 0 aliphatic heterocycles. The smallest absolute Gasteiger partial charge is 0.435 e. The first-order chi connectivity index (χ1) is 11.5. The highest BCUT2D eigenvalue weighted by atomic mass is 19.4. The molecular weight excluding hydrogens is 317 g/mol. The first kappa shape index (κ1) is 14.6. The topological polar surface area (TPSA) is 31.0 Å². The quantitative estimate of drug-likeness (QED) is 0.500. The minimum atomic E-state index is -4.56. The number of para-hydroxylation sites is 1. The standard InChI is InChI=1S/C18H11F3N2O/c19-18(20,21)16-14-11-15(12-7-3-1-4-8-12)24-17(14)23(22-16)13-9-5-2-6-10-13/h1-11H. The van der Waals surface area contributed by atoms with Crippen LogP contribution in [0.1, 0.15) is 5.69 Å². The summed E-state index contributed by atoms with van der Waals surface area (Å²) in [7, 11) is 0. The van der Waals surface area contributed by atoms with Crippen molar-refractivity contribution >= 4 is 11.1 Å². The van der Waals surface area contributed by atoms with Crippen LogP contribution < -0.4 is 0 Å². The second-order valence-electron chi connectivity index (χ2n) is 5.29. The molecule has 0 saturated heterocycles. The summed E-state index contributed by atoms with van der Waals surface area (Å²) in [6, 6.07) is 19.0. The Bertz CT molecular complexity index is 986. The predicted molar refractivity (Wildman–Crippen MR) is 83.8 cm³/mol. The van der Waals surface area contributed by atoms with E-state index in [1.807, 2.05) is 6.07 Å². The second kappa shape index (κ2) is 5.26. The van der Waals surface area contributed by atoms with Crippen molar-refractivity contribution in [1.29, 1.82) is 0 Å². The normalized spacial score (nSPS) is 12.0. The molecule has 2 heterocycles. The summed E-state index contributed by atoms with van der Waals surface area (Å²) in [5.74, 6) is 0.373. The monoisotopic (exact) mass is 328 g/mol. The summed E-state index contributed by atoms with van der Waals surface area (Å²) in [4.78, 5) is 0. The molecule has 2 aromatic heterocycles. The van der Waals surface area contributed by atoms with Gasteiger partial charge in [0, 0.05) is 5.56 Å². The molecule has 4 aromatic rings. The summed E-state index contributed by atoms with van der Waals surface area (Å²) in [6.07, 6.45) is -4.56. The predicted octanol–water partition coefficient (Wildman–Crippen LogP) is 5.30. The maximum atomic E-state index is 13.3. The SMILES string of the molecule is FC(F)(F)c1nn(-c2ccccc2)c2oc(-c3ccccc3)cc12. The summed E-state index contributed by atoms with van der Waals surface area (Å²) in [5.41, 5.74) is 0.341. The van der Waals surface area contributed by atoms with E-state index in [9.17, 15) is 13.2 Å². The number of aromatic nitrogens is 2. The summed E-state index contributed by atoms with van der Waals surface area (Å²) < 4.78 is 46.9. The van der Waals surface area contributed by atoms with Crippen molar-refractivity contribution in [1.82, 2.24) is 9.78 Å². The summed E-state index contributed by atoms with van der Waals surface area (Å²) in [5, 5.41) is 3.67. The molecule has 0 saturated carbocycles. The molecule has 6 heteroatoms. The third kappa shape index (κ3) is 2.36. The molecule has 2 aromatic carbocycles. The lowest BCUT2D eigenvalue weighted by atomic mass is 10.1. The van der Waals surface area contributed by atoms with Crippen molar-refractivity contribution < 1.29 is 17.6 Å². The van der Waals surface area contributed by atoms with Crippen LogP contribution in [0.5, 0.6) is 0 Å². The van der Waals surface area contributed by atoms with Crippen molar-refractivity contribution in [2.75, 3.05) is 0 Å². The van der Waals surface area contributed by atoms with E-state index in [4.69, 9.17) is 4.42 Å². The fourth-order valence-electron chi connectivity index (χ4n) is 2.61. The van der Waals surface area contributed by atoms with Gasteiger partial charge in [-0.15, -0.1) is 0 Å². The Morgan fingerprint density at radius 2 is 1.50 bits per heavy atom. The fraction of sp³-hybridized carbons (Fsp3) is 0.0556. The van der Waals surface area contributed by atoms with Crippen LogP contribution in [0.4, 0.5) is 13.2 Å². The molecule has 24 heavy (non-hydrogen) atoms. The number of halogens is 3. The van der Waals surface area contributed by atoms with Crippen LogP contribution in [-0.2, 0) is 6.18 Å². The van der Waals surface area contributed by atoms with E-state index in [2.05, 4.69) is 5.10 Å². The van der Waals surface area contributed by atoms with E-state index in [0.717, 1.165) is 0 Å². The Balaban J connectivity index is 1.98. The Kier molecular flexibility index (Phi) is 3.19. The number of benzene rings is 2. The van der Waals surface area contributed by atoms with Gasteiger partial charge in [-0.05, 0) is 18.2 Å². The largest absolute Gasteiger partial charge is 0.438 e. The third-order valence-corrected chi connectivity index (χ3v) is 3.69. The number of hydrogen-bond acceptors (Lipinski definition) is 2. The number of nitrogens with zero attached hydrogens (tertiary/aromatic N) is 2. The lowest BCUT2D eigenvalue weighted by molar-refractivity contribution is -0.140. The van der Waals surface area contributed by atoms with Gasteiger partial charge < -0.3 is 4.42 Å². The highest BCUT2D eigenvalue weighted by molar-refractivity contribution is 5.84. The van der Waals surface area contributed by atoms with E-state index in [1.54, 1.807) is 54.6 Å². The molecule has 3 nitrogen and oxygen atoms in total. The van der Waals surface area contributed by atoms with Gasteiger partial charge in [-0.1, -0.05) is 48.5 Å². The van der Waals surface area contributed by atoms with Crippen LogP contribution in [0.2, 0.25) is 0 Å². The number of hydrogen-bond donors (Lipinski definition) is 0. The Morgan fingerprint density at radius 1 is 0.875 bits per heavy atom. The van der Waals surface area contributed by atoms with E-state index in [1.165, 1.54) is 10.7 Å². The van der Waals surface area contributed by atoms with E-state index in [0.29, 0.717) is 17.0 Å². The van der Waals surface area contributed by atoms with Crippen LogP contribution in [0.25, 0.3) is 28.1 Å². The van der Waals surface area contributed by atoms with Gasteiger partial charge in [-0.2, -0.15) is 23.0 Å². The molecule has 120 valence electrons. The molecule has 4 rings (SSSR count). The molecule has 0 spiro atoms. The lowest BCUT2D eigenvalue weighted by Gasteiger charge is -2.03. The van der Waals surface area contributed by atoms with Gasteiger partial charge in [0.25, 0.3) is 0 Å². The highest BCUT2D eigenvalue weighted by Gasteiger charge is 2.38.